The van der Waals surface area contributed by atoms with Crippen molar-refractivity contribution in [3.63, 3.8) is 0 Å². The van der Waals surface area contributed by atoms with Crippen LogP contribution in [0.2, 0.25) is 0 Å². The summed E-state index contributed by atoms with van der Waals surface area (Å²) in [4.78, 5) is 21.1. The summed E-state index contributed by atoms with van der Waals surface area (Å²) in [6.07, 6.45) is 6.77. The van der Waals surface area contributed by atoms with Crippen molar-refractivity contribution in [1.82, 2.24) is 9.80 Å². The highest BCUT2D eigenvalue weighted by Gasteiger charge is 2.23. The second kappa shape index (κ2) is 10.3. The Balaban J connectivity index is 1.52. The number of nitrogens with two attached hydrogens (primary N) is 1. The van der Waals surface area contributed by atoms with Crippen LogP contribution in [-0.2, 0) is 4.79 Å². The van der Waals surface area contributed by atoms with Crippen molar-refractivity contribution in [3.05, 3.63) is 30.3 Å². The average Bonchev–Trinajstić information content (AvgIpc) is 2.72. The van der Waals surface area contributed by atoms with Crippen LogP contribution in [0, 0.1) is 5.92 Å². The first-order valence-corrected chi connectivity index (χ1v) is 10.4. The fourth-order valence-electron chi connectivity index (χ4n) is 3.95. The van der Waals surface area contributed by atoms with E-state index in [2.05, 4.69) is 27.2 Å². The summed E-state index contributed by atoms with van der Waals surface area (Å²) in [6.45, 7) is 5.79. The molecule has 2 saturated heterocycles. The first-order valence-electron chi connectivity index (χ1n) is 10.4. The van der Waals surface area contributed by atoms with Crippen molar-refractivity contribution >= 4 is 17.6 Å². The van der Waals surface area contributed by atoms with Gasteiger partial charge < -0.3 is 20.9 Å². The van der Waals surface area contributed by atoms with Crippen molar-refractivity contribution in [1.29, 1.82) is 0 Å². The van der Waals surface area contributed by atoms with Crippen LogP contribution in [-0.4, -0.2) is 60.9 Å². The summed E-state index contributed by atoms with van der Waals surface area (Å²) in [5.74, 6) is 0.859. The molecule has 1 amide bonds. The average molecular weight is 372 g/mol. The molecule has 0 aromatic heterocycles. The van der Waals surface area contributed by atoms with Crippen LogP contribution >= 0.6 is 0 Å². The molecule has 2 aliphatic rings. The zero-order valence-corrected chi connectivity index (χ0v) is 16.3. The maximum atomic E-state index is 11.4. The zero-order valence-electron chi connectivity index (χ0n) is 16.3. The van der Waals surface area contributed by atoms with Gasteiger partial charge in [0.1, 0.15) is 0 Å². The van der Waals surface area contributed by atoms with Crippen LogP contribution in [0.3, 0.4) is 0 Å². The lowest BCUT2D eigenvalue weighted by molar-refractivity contribution is -0.123. The number of nitrogens with one attached hydrogen (secondary N) is 1. The Morgan fingerprint density at radius 1 is 1.11 bits per heavy atom. The Kier molecular flexibility index (Phi) is 7.51. The van der Waals surface area contributed by atoms with Crippen molar-refractivity contribution in [2.24, 2.45) is 16.6 Å². The standard InChI is InChI=1S/C21H33N5O/c22-20(27)18-9-7-13-25(17-18)14-8-12-23-21(26-15-5-2-6-16-26)24-19-10-3-1-4-11-19/h1,3-4,10-11,18H,2,5-9,12-17H2,(H2,22,27)(H,23,24). The highest BCUT2D eigenvalue weighted by molar-refractivity contribution is 5.93. The van der Waals surface area contributed by atoms with Gasteiger partial charge in [-0.1, -0.05) is 18.2 Å². The number of amides is 1. The van der Waals surface area contributed by atoms with E-state index < -0.39 is 0 Å². The molecule has 0 spiro atoms. The number of hydrogen-bond donors (Lipinski definition) is 2. The zero-order chi connectivity index (χ0) is 18.9. The topological polar surface area (TPSA) is 74.0 Å². The molecule has 1 atom stereocenters. The third kappa shape index (κ3) is 6.24. The number of anilines is 1. The van der Waals surface area contributed by atoms with Gasteiger partial charge in [0.05, 0.1) is 5.92 Å². The SMILES string of the molecule is NC(=O)C1CCCN(CCCN=C(Nc2ccccc2)N2CCCCC2)C1. The van der Waals surface area contributed by atoms with Crippen LogP contribution in [0.4, 0.5) is 5.69 Å². The summed E-state index contributed by atoms with van der Waals surface area (Å²) in [6, 6.07) is 10.3. The number of carbonyl (C=O) groups excluding carboxylic acids is 1. The van der Waals surface area contributed by atoms with Crippen LogP contribution < -0.4 is 11.1 Å². The summed E-state index contributed by atoms with van der Waals surface area (Å²) in [7, 11) is 0. The summed E-state index contributed by atoms with van der Waals surface area (Å²) >= 11 is 0. The molecule has 0 aliphatic carbocycles. The van der Waals surface area contributed by atoms with Crippen LogP contribution in [0.25, 0.3) is 0 Å². The molecule has 3 N–H and O–H groups in total. The first-order chi connectivity index (χ1) is 13.2. The van der Waals surface area contributed by atoms with E-state index in [0.29, 0.717) is 0 Å². The number of aliphatic imine (C=N–C) groups is 1. The number of piperidine rings is 2. The molecule has 1 unspecified atom stereocenters. The third-order valence-electron chi connectivity index (χ3n) is 5.49. The van der Waals surface area contributed by atoms with E-state index in [4.69, 9.17) is 10.7 Å². The molecule has 2 fully saturated rings. The number of guanidine groups is 1. The number of primary amides is 1. The number of para-hydroxylation sites is 1. The molecular formula is C21H33N5O. The highest BCUT2D eigenvalue weighted by Crippen LogP contribution is 2.16. The smallest absolute Gasteiger partial charge is 0.221 e. The molecule has 2 heterocycles. The first kappa shape index (κ1) is 19.7. The lowest BCUT2D eigenvalue weighted by Gasteiger charge is -2.31. The van der Waals surface area contributed by atoms with Crippen molar-refractivity contribution in [2.75, 3.05) is 44.6 Å². The second-order valence-corrected chi connectivity index (χ2v) is 7.64. The Morgan fingerprint density at radius 3 is 2.63 bits per heavy atom. The molecule has 0 radical (unpaired) electrons. The fraction of sp³-hybridized carbons (Fsp3) is 0.619. The lowest BCUT2D eigenvalue weighted by Crippen LogP contribution is -2.42. The monoisotopic (exact) mass is 371 g/mol. The van der Waals surface area contributed by atoms with Gasteiger partial charge in [0.2, 0.25) is 5.91 Å². The van der Waals surface area contributed by atoms with Crippen molar-refractivity contribution < 1.29 is 4.79 Å². The molecule has 3 rings (SSSR count). The van der Waals surface area contributed by atoms with E-state index in [9.17, 15) is 4.79 Å². The van der Waals surface area contributed by atoms with E-state index in [0.717, 1.165) is 70.2 Å². The molecule has 1 aromatic carbocycles. The van der Waals surface area contributed by atoms with Crippen LogP contribution in [0.5, 0.6) is 0 Å². The van der Waals surface area contributed by atoms with Gasteiger partial charge in [-0.05, 0) is 63.7 Å². The molecule has 1 aromatic rings. The van der Waals surface area contributed by atoms with Gasteiger partial charge >= 0.3 is 0 Å². The van der Waals surface area contributed by atoms with Gasteiger partial charge in [-0.15, -0.1) is 0 Å². The Morgan fingerprint density at radius 2 is 1.89 bits per heavy atom. The van der Waals surface area contributed by atoms with E-state index in [-0.39, 0.29) is 11.8 Å². The van der Waals surface area contributed by atoms with Gasteiger partial charge in [0, 0.05) is 31.9 Å². The van der Waals surface area contributed by atoms with Gasteiger partial charge in [0.15, 0.2) is 5.96 Å². The summed E-state index contributed by atoms with van der Waals surface area (Å²) < 4.78 is 0. The normalized spacial score (nSPS) is 21.9. The fourth-order valence-corrected chi connectivity index (χ4v) is 3.95. The Labute approximate surface area is 162 Å². The molecule has 6 heteroatoms. The van der Waals surface area contributed by atoms with Gasteiger partial charge in [-0.3, -0.25) is 9.79 Å². The largest absolute Gasteiger partial charge is 0.369 e. The quantitative estimate of drug-likeness (QED) is 0.458. The number of hydrogen-bond acceptors (Lipinski definition) is 3. The molecule has 27 heavy (non-hydrogen) atoms. The second-order valence-electron chi connectivity index (χ2n) is 7.64. The Hall–Kier alpha value is -2.08. The predicted molar refractivity (Wildman–Crippen MR) is 111 cm³/mol. The molecule has 148 valence electrons. The number of carbonyl (C=O) groups is 1. The van der Waals surface area contributed by atoms with Gasteiger partial charge in [0.25, 0.3) is 0 Å². The lowest BCUT2D eigenvalue weighted by atomic mass is 9.97. The molecular weight excluding hydrogens is 338 g/mol. The molecule has 0 saturated carbocycles. The van der Waals surface area contributed by atoms with Gasteiger partial charge in [-0.2, -0.15) is 0 Å². The summed E-state index contributed by atoms with van der Waals surface area (Å²) in [5, 5.41) is 3.51. The van der Waals surface area contributed by atoms with E-state index in [1.54, 1.807) is 0 Å². The number of likely N-dealkylation sites (tertiary alicyclic amines) is 2. The molecule has 2 aliphatic heterocycles. The number of nitrogens with zero attached hydrogens (tertiary/aromatic N) is 3. The minimum absolute atomic E-state index is 0.0194. The minimum atomic E-state index is -0.155. The van der Waals surface area contributed by atoms with Crippen molar-refractivity contribution in [2.45, 2.75) is 38.5 Å². The maximum Gasteiger partial charge on any atom is 0.221 e. The third-order valence-corrected chi connectivity index (χ3v) is 5.49. The van der Waals surface area contributed by atoms with Crippen molar-refractivity contribution in [3.8, 4) is 0 Å². The number of rotatable bonds is 6. The van der Waals surface area contributed by atoms with Gasteiger partial charge in [-0.25, -0.2) is 0 Å². The van der Waals surface area contributed by atoms with Crippen LogP contribution in [0.15, 0.2) is 35.3 Å². The van der Waals surface area contributed by atoms with E-state index in [1.165, 1.54) is 19.3 Å². The summed E-state index contributed by atoms with van der Waals surface area (Å²) in [5.41, 5.74) is 6.56. The van der Waals surface area contributed by atoms with E-state index in [1.807, 2.05) is 18.2 Å². The Bertz CT molecular complexity index is 612. The van der Waals surface area contributed by atoms with E-state index >= 15 is 0 Å². The molecule has 6 nitrogen and oxygen atoms in total. The van der Waals surface area contributed by atoms with Crippen LogP contribution in [0.1, 0.15) is 38.5 Å². The maximum absolute atomic E-state index is 11.4. The minimum Gasteiger partial charge on any atom is -0.369 e. The predicted octanol–water partition coefficient (Wildman–Crippen LogP) is 2.53. The highest BCUT2D eigenvalue weighted by atomic mass is 16.1. The number of benzene rings is 1. The molecule has 0 bridgehead atoms.